The molecule has 3 nitrogen and oxygen atoms in total. The highest BCUT2D eigenvalue weighted by molar-refractivity contribution is 5.98. The Balaban J connectivity index is 1.20. The summed E-state index contributed by atoms with van der Waals surface area (Å²) in [5.74, 6) is -0.407. The number of nitrogens with one attached hydrogen (secondary N) is 1. The minimum Gasteiger partial charge on any atom is -0.461 e. The summed E-state index contributed by atoms with van der Waals surface area (Å²) in [5.41, 5.74) is 14.6. The van der Waals surface area contributed by atoms with Crippen molar-refractivity contribution in [3.8, 4) is 44.5 Å². The standard InChI is InChI=1S/C50H41NO2/c1-3-53-50(52)49(51-48-32-14-36(2)15-33-48)35-47-31-30-45(44-28-26-42(27-29-44)39-12-8-5-9-13-39)34-46(47)21-18-37-16-19-40(20-17-37)43-24-22-41(23-25-43)38-10-6-4-7-11-38/h4-35,51H,3H2,1-2H3. The summed E-state index contributed by atoms with van der Waals surface area (Å²) >= 11 is 0. The molecule has 0 atom stereocenters. The van der Waals surface area contributed by atoms with Gasteiger partial charge in [0.05, 0.1) is 6.61 Å². The lowest BCUT2D eigenvalue weighted by molar-refractivity contribution is -0.138. The average Bonchev–Trinajstić information content (AvgIpc) is 3.22. The Morgan fingerprint density at radius 1 is 0.509 bits per heavy atom. The topological polar surface area (TPSA) is 38.3 Å². The molecule has 7 rings (SSSR count). The highest BCUT2D eigenvalue weighted by Gasteiger charge is 2.13. The van der Waals surface area contributed by atoms with E-state index in [-0.39, 0.29) is 6.61 Å². The third-order valence-electron chi connectivity index (χ3n) is 9.23. The van der Waals surface area contributed by atoms with E-state index in [9.17, 15) is 4.79 Å². The first-order chi connectivity index (χ1) is 26.0. The van der Waals surface area contributed by atoms with Crippen molar-refractivity contribution in [3.05, 3.63) is 204 Å². The summed E-state index contributed by atoms with van der Waals surface area (Å²) < 4.78 is 5.47. The zero-order chi connectivity index (χ0) is 36.4. The van der Waals surface area contributed by atoms with Crippen LogP contribution in [0.15, 0.2) is 182 Å². The second-order valence-corrected chi connectivity index (χ2v) is 13.0. The van der Waals surface area contributed by atoms with Crippen LogP contribution in [0.2, 0.25) is 0 Å². The molecule has 3 heteroatoms. The summed E-state index contributed by atoms with van der Waals surface area (Å²) in [7, 11) is 0. The van der Waals surface area contributed by atoms with Crippen LogP contribution in [0.4, 0.5) is 5.69 Å². The van der Waals surface area contributed by atoms with Gasteiger partial charge in [0.25, 0.3) is 0 Å². The highest BCUT2D eigenvalue weighted by Crippen LogP contribution is 2.30. The van der Waals surface area contributed by atoms with Crippen molar-refractivity contribution in [2.24, 2.45) is 0 Å². The van der Waals surface area contributed by atoms with Gasteiger partial charge >= 0.3 is 5.97 Å². The molecule has 0 amide bonds. The molecule has 0 saturated carbocycles. The van der Waals surface area contributed by atoms with E-state index in [1.807, 2.05) is 56.3 Å². The number of anilines is 1. The summed E-state index contributed by atoms with van der Waals surface area (Å²) in [6.45, 7) is 4.14. The van der Waals surface area contributed by atoms with Crippen LogP contribution < -0.4 is 5.32 Å². The monoisotopic (exact) mass is 687 g/mol. The maximum absolute atomic E-state index is 13.2. The van der Waals surface area contributed by atoms with Gasteiger partial charge in [0.1, 0.15) is 5.70 Å². The van der Waals surface area contributed by atoms with Gasteiger partial charge in [-0.25, -0.2) is 4.79 Å². The first kappa shape index (κ1) is 34.7. The molecule has 0 aliphatic rings. The molecule has 1 N–H and O–H groups in total. The minimum atomic E-state index is -0.407. The molecule has 0 aliphatic heterocycles. The Bertz CT molecular complexity index is 2340. The normalized spacial score (nSPS) is 11.4. The predicted molar refractivity (Wildman–Crippen MR) is 223 cm³/mol. The Morgan fingerprint density at radius 3 is 1.47 bits per heavy atom. The van der Waals surface area contributed by atoms with E-state index in [0.717, 1.165) is 44.6 Å². The fraction of sp³-hybridized carbons (Fsp3) is 0.0600. The Kier molecular flexibility index (Phi) is 10.8. The second-order valence-electron chi connectivity index (χ2n) is 13.0. The maximum atomic E-state index is 13.2. The highest BCUT2D eigenvalue weighted by atomic mass is 16.5. The SMILES string of the molecule is CCOC(=O)C(=Cc1ccc(-c2ccc(-c3ccccc3)cc2)cc1C=Cc1ccc(-c2ccc(-c3ccccc3)cc2)cc1)Nc1ccc(C)cc1. The minimum absolute atomic E-state index is 0.281. The lowest BCUT2D eigenvalue weighted by Crippen LogP contribution is -2.14. The van der Waals surface area contributed by atoms with Crippen LogP contribution in [0.1, 0.15) is 29.2 Å². The van der Waals surface area contributed by atoms with E-state index < -0.39 is 5.97 Å². The largest absolute Gasteiger partial charge is 0.461 e. The van der Waals surface area contributed by atoms with E-state index in [1.165, 1.54) is 27.8 Å². The molecule has 0 bridgehead atoms. The van der Waals surface area contributed by atoms with Gasteiger partial charge < -0.3 is 10.1 Å². The van der Waals surface area contributed by atoms with Gasteiger partial charge in [-0.1, -0.05) is 175 Å². The maximum Gasteiger partial charge on any atom is 0.354 e. The van der Waals surface area contributed by atoms with Gasteiger partial charge in [-0.2, -0.15) is 0 Å². The molecular weight excluding hydrogens is 647 g/mol. The van der Waals surface area contributed by atoms with Crippen LogP contribution in [0, 0.1) is 6.92 Å². The molecule has 258 valence electrons. The van der Waals surface area contributed by atoms with Crippen LogP contribution in [0.5, 0.6) is 0 Å². The fourth-order valence-corrected chi connectivity index (χ4v) is 6.28. The molecule has 53 heavy (non-hydrogen) atoms. The van der Waals surface area contributed by atoms with E-state index in [2.05, 4.69) is 157 Å². The fourth-order valence-electron chi connectivity index (χ4n) is 6.28. The zero-order valence-electron chi connectivity index (χ0n) is 30.0. The van der Waals surface area contributed by atoms with Crippen molar-refractivity contribution in [2.45, 2.75) is 13.8 Å². The third kappa shape index (κ3) is 8.79. The molecule has 7 aromatic rings. The van der Waals surface area contributed by atoms with Crippen molar-refractivity contribution in [1.29, 1.82) is 0 Å². The number of rotatable bonds is 11. The van der Waals surface area contributed by atoms with E-state index >= 15 is 0 Å². The molecule has 0 heterocycles. The quantitative estimate of drug-likeness (QED) is 0.0836. The van der Waals surface area contributed by atoms with Gasteiger partial charge in [0.2, 0.25) is 0 Å². The first-order valence-corrected chi connectivity index (χ1v) is 18.0. The lowest BCUT2D eigenvalue weighted by atomic mass is 9.96. The van der Waals surface area contributed by atoms with Gasteiger partial charge in [0, 0.05) is 5.69 Å². The molecule has 0 unspecified atom stereocenters. The number of ether oxygens (including phenoxy) is 1. The van der Waals surface area contributed by atoms with Crippen molar-refractivity contribution in [3.63, 3.8) is 0 Å². The summed E-state index contributed by atoms with van der Waals surface area (Å²) in [4.78, 5) is 13.2. The lowest BCUT2D eigenvalue weighted by Gasteiger charge is -2.13. The van der Waals surface area contributed by atoms with Crippen LogP contribution in [0.3, 0.4) is 0 Å². The second kappa shape index (κ2) is 16.5. The summed E-state index contributed by atoms with van der Waals surface area (Å²) in [6, 6.07) is 61.1. The van der Waals surface area contributed by atoms with E-state index in [1.54, 1.807) is 0 Å². The molecule has 0 fully saturated rings. The number of carbonyl (C=O) groups is 1. The van der Waals surface area contributed by atoms with Crippen LogP contribution in [0.25, 0.3) is 62.7 Å². The van der Waals surface area contributed by atoms with Gasteiger partial charge in [-0.15, -0.1) is 0 Å². The summed E-state index contributed by atoms with van der Waals surface area (Å²) in [6.07, 6.45) is 6.11. The number of hydrogen-bond acceptors (Lipinski definition) is 3. The summed E-state index contributed by atoms with van der Waals surface area (Å²) in [5, 5.41) is 3.31. The molecule has 0 spiro atoms. The number of carbonyl (C=O) groups excluding carboxylic acids is 1. The predicted octanol–water partition coefficient (Wildman–Crippen LogP) is 12.8. The van der Waals surface area contributed by atoms with Crippen molar-refractivity contribution >= 4 is 29.9 Å². The number of benzene rings is 7. The zero-order valence-corrected chi connectivity index (χ0v) is 30.0. The Morgan fingerprint density at radius 2 is 0.962 bits per heavy atom. The molecule has 7 aromatic carbocycles. The van der Waals surface area contributed by atoms with Crippen molar-refractivity contribution < 1.29 is 9.53 Å². The van der Waals surface area contributed by atoms with Gasteiger partial charge in [-0.3, -0.25) is 0 Å². The molecule has 0 radical (unpaired) electrons. The van der Waals surface area contributed by atoms with Gasteiger partial charge in [-0.05, 0) is 99.3 Å². The number of aryl methyl sites for hydroxylation is 1. The Labute approximate surface area is 312 Å². The van der Waals surface area contributed by atoms with Gasteiger partial charge in [0.15, 0.2) is 0 Å². The van der Waals surface area contributed by atoms with Crippen LogP contribution in [-0.2, 0) is 9.53 Å². The Hall–Kier alpha value is -6.71. The first-order valence-electron chi connectivity index (χ1n) is 18.0. The van der Waals surface area contributed by atoms with Crippen molar-refractivity contribution in [2.75, 3.05) is 11.9 Å². The number of esters is 1. The third-order valence-corrected chi connectivity index (χ3v) is 9.23. The average molecular weight is 688 g/mol. The molecular formula is C50H41NO2. The number of hydrogen-bond donors (Lipinski definition) is 1. The van der Waals surface area contributed by atoms with Crippen LogP contribution >= 0.6 is 0 Å². The van der Waals surface area contributed by atoms with Crippen molar-refractivity contribution in [1.82, 2.24) is 0 Å². The van der Waals surface area contributed by atoms with E-state index in [4.69, 9.17) is 4.74 Å². The molecule has 0 saturated heterocycles. The molecule has 0 aromatic heterocycles. The van der Waals surface area contributed by atoms with E-state index in [0.29, 0.717) is 5.70 Å². The van der Waals surface area contributed by atoms with Crippen LogP contribution in [-0.4, -0.2) is 12.6 Å². The smallest absolute Gasteiger partial charge is 0.354 e. The molecule has 0 aliphatic carbocycles.